The number of aryl methyl sites for hydroxylation is 1. The number of nitrogens with zero attached hydrogens (tertiary/aromatic N) is 1. The predicted octanol–water partition coefficient (Wildman–Crippen LogP) is 6.50. The first-order valence-corrected chi connectivity index (χ1v) is 10.0. The molecule has 4 aromatic carbocycles. The maximum absolute atomic E-state index is 13.5. The monoisotopic (exact) mass is 375 g/mol. The van der Waals surface area contributed by atoms with E-state index in [1.807, 2.05) is 54.6 Å². The minimum atomic E-state index is -0.385. The Kier molecular flexibility index (Phi) is 4.33. The normalized spacial score (nSPS) is 17.1. The maximum Gasteiger partial charge on any atom is 0.177 e. The molecule has 0 spiro atoms. The van der Waals surface area contributed by atoms with Crippen LogP contribution in [-0.4, -0.2) is 11.5 Å². The molecule has 0 fully saturated rings. The Bertz CT molecular complexity index is 1260. The zero-order chi connectivity index (χ0) is 19.8. The third-order valence-electron chi connectivity index (χ3n) is 5.71. The minimum Gasteiger partial charge on any atom is -0.293 e. The number of Topliss-reactive ketones (excluding diaryl/α,β-unsaturated/α-hetero) is 1. The van der Waals surface area contributed by atoms with Crippen LogP contribution in [0.5, 0.6) is 0 Å². The SMILES string of the molecule is CCc1cccc(N=C2c3ccccc3C(=O)C2c2cccc3ccccc23)c1. The van der Waals surface area contributed by atoms with Gasteiger partial charge in [-0.1, -0.05) is 85.8 Å². The standard InChI is InChI=1S/C27H21NO/c1-2-18-9-7-12-20(17-18)28-26-23-14-5-6-15-24(23)27(29)25(26)22-16-8-11-19-10-3-4-13-21(19)22/h3-17,25H,2H2,1H3. The van der Waals surface area contributed by atoms with Crippen molar-refractivity contribution < 1.29 is 4.79 Å². The molecule has 2 nitrogen and oxygen atoms in total. The van der Waals surface area contributed by atoms with E-state index in [1.54, 1.807) is 0 Å². The van der Waals surface area contributed by atoms with E-state index in [1.165, 1.54) is 5.56 Å². The number of ketones is 1. The van der Waals surface area contributed by atoms with Crippen LogP contribution in [0.15, 0.2) is 96.0 Å². The molecule has 5 rings (SSSR count). The third kappa shape index (κ3) is 2.98. The first kappa shape index (κ1) is 17.6. The van der Waals surface area contributed by atoms with E-state index in [9.17, 15) is 4.79 Å². The Morgan fingerprint density at radius 1 is 0.793 bits per heavy atom. The number of hydrogen-bond acceptors (Lipinski definition) is 2. The van der Waals surface area contributed by atoms with Crippen LogP contribution >= 0.6 is 0 Å². The van der Waals surface area contributed by atoms with Crippen LogP contribution < -0.4 is 0 Å². The van der Waals surface area contributed by atoms with Gasteiger partial charge in [-0.05, 0) is 40.5 Å². The van der Waals surface area contributed by atoms with E-state index < -0.39 is 0 Å². The number of carbonyl (C=O) groups is 1. The maximum atomic E-state index is 13.5. The number of benzene rings is 4. The summed E-state index contributed by atoms with van der Waals surface area (Å²) in [6.07, 6.45) is 0.959. The summed E-state index contributed by atoms with van der Waals surface area (Å²) < 4.78 is 0. The van der Waals surface area contributed by atoms with Gasteiger partial charge in [-0.2, -0.15) is 0 Å². The Morgan fingerprint density at radius 3 is 2.38 bits per heavy atom. The van der Waals surface area contributed by atoms with Crippen molar-refractivity contribution in [1.82, 2.24) is 0 Å². The van der Waals surface area contributed by atoms with Crippen LogP contribution in [0.4, 0.5) is 5.69 Å². The van der Waals surface area contributed by atoms with Crippen LogP contribution in [0.3, 0.4) is 0 Å². The van der Waals surface area contributed by atoms with Crippen LogP contribution in [0.1, 0.15) is 39.9 Å². The fraction of sp³-hybridized carbons (Fsp3) is 0.111. The molecule has 0 bridgehead atoms. The highest BCUT2D eigenvalue weighted by molar-refractivity contribution is 6.32. The first-order chi connectivity index (χ1) is 14.3. The number of hydrogen-bond donors (Lipinski definition) is 0. The van der Waals surface area contributed by atoms with Gasteiger partial charge in [-0.25, -0.2) is 0 Å². The summed E-state index contributed by atoms with van der Waals surface area (Å²) in [5.41, 5.74) is 5.71. The molecule has 0 saturated heterocycles. The molecular formula is C27H21NO. The van der Waals surface area contributed by atoms with E-state index in [2.05, 4.69) is 43.3 Å². The average molecular weight is 375 g/mol. The number of carbonyl (C=O) groups excluding carboxylic acids is 1. The molecule has 29 heavy (non-hydrogen) atoms. The summed E-state index contributed by atoms with van der Waals surface area (Å²) in [6, 6.07) is 30.5. The molecule has 0 saturated carbocycles. The van der Waals surface area contributed by atoms with Crippen molar-refractivity contribution in [3.63, 3.8) is 0 Å². The number of aliphatic imine (C=N–C) groups is 1. The lowest BCUT2D eigenvalue weighted by Gasteiger charge is -2.14. The smallest absolute Gasteiger partial charge is 0.177 e. The Morgan fingerprint density at radius 2 is 1.52 bits per heavy atom. The van der Waals surface area contributed by atoms with Crippen molar-refractivity contribution in [3.8, 4) is 0 Å². The van der Waals surface area contributed by atoms with E-state index >= 15 is 0 Å². The molecular weight excluding hydrogens is 354 g/mol. The van der Waals surface area contributed by atoms with Gasteiger partial charge in [0, 0.05) is 11.1 Å². The van der Waals surface area contributed by atoms with Crippen molar-refractivity contribution in [2.45, 2.75) is 19.3 Å². The molecule has 0 radical (unpaired) electrons. The van der Waals surface area contributed by atoms with Gasteiger partial charge in [0.2, 0.25) is 0 Å². The Balaban J connectivity index is 1.75. The molecule has 1 aliphatic rings. The highest BCUT2D eigenvalue weighted by Gasteiger charge is 2.38. The summed E-state index contributed by atoms with van der Waals surface area (Å²) in [6.45, 7) is 2.14. The number of rotatable bonds is 3. The summed E-state index contributed by atoms with van der Waals surface area (Å²) in [5, 5.41) is 2.25. The molecule has 0 aromatic heterocycles. The molecule has 1 aliphatic carbocycles. The molecule has 0 aliphatic heterocycles. The summed E-state index contributed by atoms with van der Waals surface area (Å²) in [4.78, 5) is 18.5. The van der Waals surface area contributed by atoms with Crippen molar-refractivity contribution in [2.24, 2.45) is 4.99 Å². The summed E-state index contributed by atoms with van der Waals surface area (Å²) in [7, 11) is 0. The lowest BCUT2D eigenvalue weighted by molar-refractivity contribution is 0.0989. The zero-order valence-electron chi connectivity index (χ0n) is 16.3. The molecule has 1 atom stereocenters. The fourth-order valence-electron chi connectivity index (χ4n) is 4.26. The van der Waals surface area contributed by atoms with E-state index in [-0.39, 0.29) is 11.7 Å². The molecule has 1 unspecified atom stereocenters. The topological polar surface area (TPSA) is 29.4 Å². The van der Waals surface area contributed by atoms with Crippen molar-refractivity contribution >= 4 is 28.0 Å². The summed E-state index contributed by atoms with van der Waals surface area (Å²) >= 11 is 0. The van der Waals surface area contributed by atoms with Gasteiger partial charge in [-0.15, -0.1) is 0 Å². The largest absolute Gasteiger partial charge is 0.293 e. The molecule has 0 amide bonds. The quantitative estimate of drug-likeness (QED) is 0.402. The molecule has 2 heteroatoms. The Hall–Kier alpha value is -3.52. The van der Waals surface area contributed by atoms with Gasteiger partial charge in [0.15, 0.2) is 5.78 Å². The number of fused-ring (bicyclic) bond motifs is 2. The van der Waals surface area contributed by atoms with Gasteiger partial charge in [0.25, 0.3) is 0 Å². The van der Waals surface area contributed by atoms with Gasteiger partial charge in [0.1, 0.15) is 0 Å². The van der Waals surface area contributed by atoms with Gasteiger partial charge in [0.05, 0.1) is 17.3 Å². The zero-order valence-corrected chi connectivity index (χ0v) is 16.3. The molecule has 0 heterocycles. The molecule has 4 aromatic rings. The van der Waals surface area contributed by atoms with Crippen LogP contribution in [0, 0.1) is 0 Å². The first-order valence-electron chi connectivity index (χ1n) is 10.0. The van der Waals surface area contributed by atoms with E-state index in [4.69, 9.17) is 4.99 Å². The average Bonchev–Trinajstić information content (AvgIpc) is 3.05. The third-order valence-corrected chi connectivity index (χ3v) is 5.71. The molecule has 0 N–H and O–H groups in total. The highest BCUT2D eigenvalue weighted by atomic mass is 16.1. The van der Waals surface area contributed by atoms with Gasteiger partial charge in [-0.3, -0.25) is 9.79 Å². The fourth-order valence-corrected chi connectivity index (χ4v) is 4.26. The van der Waals surface area contributed by atoms with Crippen LogP contribution in [0.2, 0.25) is 0 Å². The predicted molar refractivity (Wildman–Crippen MR) is 119 cm³/mol. The van der Waals surface area contributed by atoms with Crippen molar-refractivity contribution in [1.29, 1.82) is 0 Å². The second-order valence-corrected chi connectivity index (χ2v) is 7.43. The van der Waals surface area contributed by atoms with E-state index in [0.29, 0.717) is 0 Å². The van der Waals surface area contributed by atoms with Gasteiger partial charge >= 0.3 is 0 Å². The van der Waals surface area contributed by atoms with Crippen LogP contribution in [0.25, 0.3) is 10.8 Å². The van der Waals surface area contributed by atoms with E-state index in [0.717, 1.165) is 45.3 Å². The van der Waals surface area contributed by atoms with Crippen LogP contribution in [-0.2, 0) is 6.42 Å². The second-order valence-electron chi connectivity index (χ2n) is 7.43. The van der Waals surface area contributed by atoms with Crippen molar-refractivity contribution in [2.75, 3.05) is 0 Å². The lowest BCUT2D eigenvalue weighted by atomic mass is 9.89. The summed E-state index contributed by atoms with van der Waals surface area (Å²) in [5.74, 6) is -0.258. The second kappa shape index (κ2) is 7.14. The lowest BCUT2D eigenvalue weighted by Crippen LogP contribution is -2.14. The minimum absolute atomic E-state index is 0.127. The Labute approximate surface area is 170 Å². The van der Waals surface area contributed by atoms with Crippen molar-refractivity contribution in [3.05, 3.63) is 113 Å². The van der Waals surface area contributed by atoms with Gasteiger partial charge < -0.3 is 0 Å². The highest BCUT2D eigenvalue weighted by Crippen LogP contribution is 2.38. The molecule has 140 valence electrons.